The van der Waals surface area contributed by atoms with Crippen LogP contribution in [0.2, 0.25) is 0 Å². The van der Waals surface area contributed by atoms with E-state index >= 15 is 0 Å². The standard InChI is InChI=1S/C19H21N3O2S/c1-11(2)16-14(24-4)9-12(3)17-18(16)13(10-20)22(19(17)23)7-5-15-21-6-8-25-15/h6,8-9,11,13H,5,7H2,1-4H3. The van der Waals surface area contributed by atoms with Crippen LogP contribution in [0.25, 0.3) is 0 Å². The van der Waals surface area contributed by atoms with Gasteiger partial charge in [-0.05, 0) is 24.5 Å². The van der Waals surface area contributed by atoms with Crippen molar-refractivity contribution in [1.29, 1.82) is 5.26 Å². The molecule has 1 atom stereocenters. The number of methoxy groups -OCH3 is 1. The first-order valence-electron chi connectivity index (χ1n) is 8.29. The van der Waals surface area contributed by atoms with E-state index in [1.165, 1.54) is 0 Å². The molecule has 0 radical (unpaired) electrons. The molecule has 0 saturated heterocycles. The SMILES string of the molecule is COc1cc(C)c2c(c1C(C)C)C(C#N)N(CCc1nccs1)C2=O. The summed E-state index contributed by atoms with van der Waals surface area (Å²) in [5, 5.41) is 12.7. The number of thiazole rings is 1. The van der Waals surface area contributed by atoms with Gasteiger partial charge in [-0.3, -0.25) is 4.79 Å². The van der Waals surface area contributed by atoms with E-state index in [2.05, 4.69) is 24.9 Å². The Kier molecular flexibility index (Phi) is 4.78. The number of carbonyl (C=O) groups excluding carboxylic acids is 1. The maximum absolute atomic E-state index is 13.0. The highest BCUT2D eigenvalue weighted by molar-refractivity contribution is 7.09. The molecule has 1 amide bonds. The molecule has 5 nitrogen and oxygen atoms in total. The number of aromatic nitrogens is 1. The van der Waals surface area contributed by atoms with E-state index < -0.39 is 6.04 Å². The van der Waals surface area contributed by atoms with Crippen LogP contribution in [0.5, 0.6) is 5.75 Å². The number of benzene rings is 1. The predicted octanol–water partition coefficient (Wildman–Crippen LogP) is 3.85. The van der Waals surface area contributed by atoms with Crippen LogP contribution in [0, 0.1) is 18.3 Å². The molecule has 0 saturated carbocycles. The molecule has 0 bridgehead atoms. The van der Waals surface area contributed by atoms with Gasteiger partial charge in [0.2, 0.25) is 0 Å². The average Bonchev–Trinajstić information content (AvgIpc) is 3.18. The monoisotopic (exact) mass is 355 g/mol. The largest absolute Gasteiger partial charge is 0.496 e. The van der Waals surface area contributed by atoms with Crippen LogP contribution in [0.3, 0.4) is 0 Å². The van der Waals surface area contributed by atoms with Crippen LogP contribution in [0.4, 0.5) is 0 Å². The number of rotatable bonds is 5. The molecule has 3 rings (SSSR count). The maximum Gasteiger partial charge on any atom is 0.255 e. The first-order chi connectivity index (χ1) is 12.0. The maximum atomic E-state index is 13.0. The van der Waals surface area contributed by atoms with Gasteiger partial charge in [0.15, 0.2) is 0 Å². The molecular weight excluding hydrogens is 334 g/mol. The van der Waals surface area contributed by atoms with E-state index in [0.29, 0.717) is 18.5 Å². The summed E-state index contributed by atoms with van der Waals surface area (Å²) in [6.07, 6.45) is 2.41. The van der Waals surface area contributed by atoms with Crippen LogP contribution < -0.4 is 4.74 Å². The summed E-state index contributed by atoms with van der Waals surface area (Å²) in [5.41, 5.74) is 3.30. The first-order valence-corrected chi connectivity index (χ1v) is 9.17. The van der Waals surface area contributed by atoms with Crippen molar-refractivity contribution in [2.24, 2.45) is 0 Å². The van der Waals surface area contributed by atoms with Gasteiger partial charge in [-0.2, -0.15) is 5.26 Å². The van der Waals surface area contributed by atoms with E-state index in [9.17, 15) is 10.1 Å². The quantitative estimate of drug-likeness (QED) is 0.817. The second kappa shape index (κ2) is 6.85. The lowest BCUT2D eigenvalue weighted by molar-refractivity contribution is 0.0759. The third-order valence-corrected chi connectivity index (χ3v) is 5.44. The van der Waals surface area contributed by atoms with Crippen molar-refractivity contribution in [3.05, 3.63) is 44.9 Å². The number of carbonyl (C=O) groups is 1. The number of amides is 1. The molecule has 1 unspecified atom stereocenters. The molecule has 2 aromatic rings. The lowest BCUT2D eigenvalue weighted by Gasteiger charge is -2.22. The zero-order valence-electron chi connectivity index (χ0n) is 14.9. The Labute approximate surface area is 151 Å². The van der Waals surface area contributed by atoms with Crippen LogP contribution in [-0.2, 0) is 6.42 Å². The molecule has 1 aliphatic rings. The third-order valence-electron chi connectivity index (χ3n) is 4.60. The Bertz CT molecular complexity index is 837. The summed E-state index contributed by atoms with van der Waals surface area (Å²) in [5.74, 6) is 0.841. The van der Waals surface area contributed by atoms with Crippen molar-refractivity contribution in [1.82, 2.24) is 9.88 Å². The Morgan fingerprint density at radius 1 is 1.48 bits per heavy atom. The normalized spacial score (nSPS) is 16.2. The average molecular weight is 355 g/mol. The molecule has 25 heavy (non-hydrogen) atoms. The van der Waals surface area contributed by atoms with E-state index in [0.717, 1.165) is 27.4 Å². The molecule has 1 aromatic carbocycles. The number of aryl methyl sites for hydroxylation is 1. The summed E-state index contributed by atoms with van der Waals surface area (Å²) in [6, 6.07) is 3.67. The molecule has 2 heterocycles. The highest BCUT2D eigenvalue weighted by Gasteiger charge is 2.41. The second-order valence-electron chi connectivity index (χ2n) is 6.46. The summed E-state index contributed by atoms with van der Waals surface area (Å²) >= 11 is 1.57. The Morgan fingerprint density at radius 3 is 2.80 bits per heavy atom. The van der Waals surface area contributed by atoms with Crippen LogP contribution in [0.15, 0.2) is 17.6 Å². The fourth-order valence-electron chi connectivity index (χ4n) is 3.53. The molecule has 0 fully saturated rings. The van der Waals surface area contributed by atoms with Crippen LogP contribution >= 0.6 is 11.3 Å². The molecule has 0 spiro atoms. The minimum atomic E-state index is -0.575. The van der Waals surface area contributed by atoms with Crippen molar-refractivity contribution >= 4 is 17.2 Å². The topological polar surface area (TPSA) is 66.2 Å². The molecule has 130 valence electrons. The van der Waals surface area contributed by atoms with Gasteiger partial charge in [0.05, 0.1) is 18.2 Å². The molecular formula is C19H21N3O2S. The van der Waals surface area contributed by atoms with E-state index in [1.807, 2.05) is 18.4 Å². The van der Waals surface area contributed by atoms with E-state index in [-0.39, 0.29) is 11.8 Å². The third kappa shape index (κ3) is 2.89. The fourth-order valence-corrected chi connectivity index (χ4v) is 4.14. The van der Waals surface area contributed by atoms with Gasteiger partial charge in [-0.25, -0.2) is 4.98 Å². The summed E-state index contributed by atoms with van der Waals surface area (Å²) in [4.78, 5) is 19.0. The van der Waals surface area contributed by atoms with Gasteiger partial charge in [-0.1, -0.05) is 13.8 Å². The minimum Gasteiger partial charge on any atom is -0.496 e. The van der Waals surface area contributed by atoms with Crippen molar-refractivity contribution in [2.75, 3.05) is 13.7 Å². The molecule has 1 aliphatic heterocycles. The van der Waals surface area contributed by atoms with E-state index in [1.54, 1.807) is 29.5 Å². The number of fused-ring (bicyclic) bond motifs is 1. The van der Waals surface area contributed by atoms with Crippen LogP contribution in [0.1, 0.15) is 57.9 Å². The van der Waals surface area contributed by atoms with Gasteiger partial charge in [-0.15, -0.1) is 11.3 Å². The van der Waals surface area contributed by atoms with Crippen LogP contribution in [-0.4, -0.2) is 29.4 Å². The summed E-state index contributed by atoms with van der Waals surface area (Å²) in [6.45, 7) is 6.51. The van der Waals surface area contributed by atoms with Gasteiger partial charge < -0.3 is 9.64 Å². The second-order valence-corrected chi connectivity index (χ2v) is 7.44. The molecule has 1 aromatic heterocycles. The van der Waals surface area contributed by atoms with Gasteiger partial charge >= 0.3 is 0 Å². The van der Waals surface area contributed by atoms with Gasteiger partial charge in [0.25, 0.3) is 5.91 Å². The number of ether oxygens (including phenoxy) is 1. The molecule has 0 aliphatic carbocycles. The Morgan fingerprint density at radius 2 is 2.24 bits per heavy atom. The van der Waals surface area contributed by atoms with Gasteiger partial charge in [0.1, 0.15) is 11.8 Å². The first kappa shape index (κ1) is 17.4. The zero-order valence-corrected chi connectivity index (χ0v) is 15.7. The lowest BCUT2D eigenvalue weighted by atomic mass is 9.88. The number of nitrogens with zero attached hydrogens (tertiary/aromatic N) is 3. The predicted molar refractivity (Wildman–Crippen MR) is 97.0 cm³/mol. The zero-order chi connectivity index (χ0) is 18.1. The molecule has 0 N–H and O–H groups in total. The number of hydrogen-bond acceptors (Lipinski definition) is 5. The number of nitriles is 1. The van der Waals surface area contributed by atoms with Crippen molar-refractivity contribution < 1.29 is 9.53 Å². The van der Waals surface area contributed by atoms with Crippen molar-refractivity contribution in [2.45, 2.75) is 39.2 Å². The fraction of sp³-hybridized carbons (Fsp3) is 0.421. The Hall–Kier alpha value is -2.39. The number of hydrogen-bond donors (Lipinski definition) is 0. The molecule has 6 heteroatoms. The van der Waals surface area contributed by atoms with Gasteiger partial charge in [0, 0.05) is 41.2 Å². The summed E-state index contributed by atoms with van der Waals surface area (Å²) in [7, 11) is 1.63. The van der Waals surface area contributed by atoms with Crippen molar-refractivity contribution in [3.8, 4) is 11.8 Å². The van der Waals surface area contributed by atoms with Crippen molar-refractivity contribution in [3.63, 3.8) is 0 Å². The highest BCUT2D eigenvalue weighted by atomic mass is 32.1. The smallest absolute Gasteiger partial charge is 0.255 e. The Balaban J connectivity index is 2.06. The highest BCUT2D eigenvalue weighted by Crippen LogP contribution is 2.44. The summed E-state index contributed by atoms with van der Waals surface area (Å²) < 4.78 is 5.55. The van der Waals surface area contributed by atoms with E-state index in [4.69, 9.17) is 4.74 Å². The lowest BCUT2D eigenvalue weighted by Crippen LogP contribution is -2.29. The minimum absolute atomic E-state index is 0.0693.